The molecule has 2 aliphatic rings. The Morgan fingerprint density at radius 1 is 1.26 bits per heavy atom. The zero-order valence-corrected chi connectivity index (χ0v) is 10.6. The number of benzene rings is 1. The van der Waals surface area contributed by atoms with Gasteiger partial charge in [0.25, 0.3) is 0 Å². The van der Waals surface area contributed by atoms with Gasteiger partial charge in [0.15, 0.2) is 6.61 Å². The molecule has 0 saturated heterocycles. The predicted octanol–water partition coefficient (Wildman–Crippen LogP) is 2.72. The average Bonchev–Trinajstić information content (AvgIpc) is 2.77. The van der Waals surface area contributed by atoms with Crippen LogP contribution in [0.4, 0.5) is 0 Å². The van der Waals surface area contributed by atoms with Crippen LogP contribution >= 0.6 is 0 Å². The first-order valence-electron chi connectivity index (χ1n) is 6.58. The summed E-state index contributed by atoms with van der Waals surface area (Å²) in [5, 5.41) is 20.2. The Labute approximate surface area is 111 Å². The molecule has 0 amide bonds. The third-order valence-electron chi connectivity index (χ3n) is 3.77. The third-order valence-corrected chi connectivity index (χ3v) is 3.77. The second-order valence-corrected chi connectivity index (χ2v) is 5.09. The van der Waals surface area contributed by atoms with E-state index in [4.69, 9.17) is 4.74 Å². The summed E-state index contributed by atoms with van der Waals surface area (Å²) < 4.78 is 5.13. The molecule has 3 rings (SSSR count). The number of carbonyl (C=O) groups is 1. The van der Waals surface area contributed by atoms with Gasteiger partial charge in [0.05, 0.1) is 0 Å². The quantitative estimate of drug-likeness (QED) is 0.802. The Hall–Kier alpha value is -1.97. The van der Waals surface area contributed by atoms with Gasteiger partial charge in [-0.25, -0.2) is 0 Å². The first kappa shape index (κ1) is 12.1. The maximum Gasteiger partial charge on any atom is 0.207 e. The molecule has 0 saturated carbocycles. The second kappa shape index (κ2) is 4.61. The SMILES string of the molecule is O=C1COc2cc(O)c(CC3=CCCCC3)c(O)c21. The van der Waals surface area contributed by atoms with Crippen LogP contribution in [0.15, 0.2) is 17.7 Å². The van der Waals surface area contributed by atoms with Crippen molar-refractivity contribution in [3.05, 3.63) is 28.8 Å². The fourth-order valence-corrected chi connectivity index (χ4v) is 2.74. The number of aromatic hydroxyl groups is 2. The van der Waals surface area contributed by atoms with E-state index in [1.807, 2.05) is 0 Å². The normalized spacial score (nSPS) is 17.9. The van der Waals surface area contributed by atoms with Crippen LogP contribution in [0.2, 0.25) is 0 Å². The Morgan fingerprint density at radius 2 is 2.11 bits per heavy atom. The van der Waals surface area contributed by atoms with Gasteiger partial charge in [0, 0.05) is 18.1 Å². The standard InChI is InChI=1S/C15H16O4/c16-11-7-13-14(12(17)8-19-13)15(18)10(11)6-9-4-2-1-3-5-9/h4,7,16,18H,1-3,5-6,8H2. The van der Waals surface area contributed by atoms with E-state index in [1.54, 1.807) is 0 Å². The van der Waals surface area contributed by atoms with E-state index in [0.29, 0.717) is 12.0 Å². The first-order chi connectivity index (χ1) is 9.16. The predicted molar refractivity (Wildman–Crippen MR) is 69.9 cm³/mol. The lowest BCUT2D eigenvalue weighted by Gasteiger charge is -2.15. The number of phenols is 2. The van der Waals surface area contributed by atoms with E-state index < -0.39 is 0 Å². The highest BCUT2D eigenvalue weighted by Gasteiger charge is 2.29. The molecule has 0 aromatic heterocycles. The highest BCUT2D eigenvalue weighted by atomic mass is 16.5. The van der Waals surface area contributed by atoms with Crippen LogP contribution in [-0.4, -0.2) is 22.6 Å². The maximum absolute atomic E-state index is 11.7. The Balaban J connectivity index is 1.99. The smallest absolute Gasteiger partial charge is 0.207 e. The molecule has 100 valence electrons. The van der Waals surface area contributed by atoms with Crippen LogP contribution in [0.3, 0.4) is 0 Å². The molecule has 0 radical (unpaired) electrons. The summed E-state index contributed by atoms with van der Waals surface area (Å²) >= 11 is 0. The summed E-state index contributed by atoms with van der Waals surface area (Å²) in [6.07, 6.45) is 7.02. The van der Waals surface area contributed by atoms with Crippen molar-refractivity contribution < 1.29 is 19.7 Å². The molecule has 4 nitrogen and oxygen atoms in total. The van der Waals surface area contributed by atoms with Gasteiger partial charge in [-0.15, -0.1) is 0 Å². The Kier molecular flexibility index (Phi) is 2.93. The van der Waals surface area contributed by atoms with Crippen LogP contribution in [0.5, 0.6) is 17.2 Å². The number of hydrogen-bond donors (Lipinski definition) is 2. The topological polar surface area (TPSA) is 66.8 Å². The Bertz CT molecular complexity index is 572. The Morgan fingerprint density at radius 3 is 2.84 bits per heavy atom. The van der Waals surface area contributed by atoms with Gasteiger partial charge in [-0.05, 0) is 25.7 Å². The molecule has 1 heterocycles. The lowest BCUT2D eigenvalue weighted by molar-refractivity contribution is 0.0959. The number of carbonyl (C=O) groups excluding carboxylic acids is 1. The van der Waals surface area contributed by atoms with Crippen LogP contribution in [0, 0.1) is 0 Å². The van der Waals surface area contributed by atoms with Gasteiger partial charge in [-0.1, -0.05) is 11.6 Å². The minimum atomic E-state index is -0.230. The number of phenolic OH excluding ortho intramolecular Hbond substituents is 2. The molecule has 0 fully saturated rings. The summed E-state index contributed by atoms with van der Waals surface area (Å²) in [5.74, 6) is -0.0749. The summed E-state index contributed by atoms with van der Waals surface area (Å²) in [4.78, 5) is 11.7. The van der Waals surface area contributed by atoms with E-state index in [-0.39, 0.29) is 35.2 Å². The molecule has 1 aromatic carbocycles. The third kappa shape index (κ3) is 2.07. The lowest BCUT2D eigenvalue weighted by atomic mass is 9.92. The highest BCUT2D eigenvalue weighted by Crippen LogP contribution is 2.42. The van der Waals surface area contributed by atoms with Crippen molar-refractivity contribution >= 4 is 5.78 Å². The molecule has 19 heavy (non-hydrogen) atoms. The molecule has 2 N–H and O–H groups in total. The zero-order chi connectivity index (χ0) is 13.4. The van der Waals surface area contributed by atoms with Gasteiger partial charge in [-0.3, -0.25) is 4.79 Å². The van der Waals surface area contributed by atoms with Crippen molar-refractivity contribution in [2.75, 3.05) is 6.61 Å². The van der Waals surface area contributed by atoms with E-state index in [9.17, 15) is 15.0 Å². The molecule has 1 aromatic rings. The van der Waals surface area contributed by atoms with E-state index in [2.05, 4.69) is 6.08 Å². The molecule has 1 aliphatic carbocycles. The lowest BCUT2D eigenvalue weighted by Crippen LogP contribution is -2.01. The average molecular weight is 260 g/mol. The molecular formula is C15H16O4. The molecule has 1 aliphatic heterocycles. The number of hydrogen-bond acceptors (Lipinski definition) is 4. The van der Waals surface area contributed by atoms with Crippen molar-refractivity contribution in [2.45, 2.75) is 32.1 Å². The van der Waals surface area contributed by atoms with Crippen LogP contribution < -0.4 is 4.74 Å². The van der Waals surface area contributed by atoms with Crippen LogP contribution in [0.25, 0.3) is 0 Å². The van der Waals surface area contributed by atoms with Crippen LogP contribution in [-0.2, 0) is 6.42 Å². The fraction of sp³-hybridized carbons (Fsp3) is 0.400. The van der Waals surface area contributed by atoms with Gasteiger partial charge in [-0.2, -0.15) is 0 Å². The molecule has 0 spiro atoms. The zero-order valence-electron chi connectivity index (χ0n) is 10.6. The number of allylic oxidation sites excluding steroid dienone is 2. The van der Waals surface area contributed by atoms with Crippen LogP contribution in [0.1, 0.15) is 41.6 Å². The monoisotopic (exact) mass is 260 g/mol. The minimum absolute atomic E-state index is 0.00239. The molecule has 0 atom stereocenters. The van der Waals surface area contributed by atoms with Crippen molar-refractivity contribution in [2.24, 2.45) is 0 Å². The fourth-order valence-electron chi connectivity index (χ4n) is 2.74. The highest BCUT2D eigenvalue weighted by molar-refractivity contribution is 6.05. The summed E-state index contributed by atoms with van der Waals surface area (Å²) in [5.41, 5.74) is 1.86. The molecule has 4 heteroatoms. The van der Waals surface area contributed by atoms with E-state index in [1.165, 1.54) is 18.1 Å². The summed E-state index contributed by atoms with van der Waals surface area (Å²) in [6, 6.07) is 1.43. The van der Waals surface area contributed by atoms with Crippen molar-refractivity contribution in [1.29, 1.82) is 0 Å². The van der Waals surface area contributed by atoms with Gasteiger partial charge in [0.1, 0.15) is 22.8 Å². The largest absolute Gasteiger partial charge is 0.507 e. The van der Waals surface area contributed by atoms with Crippen molar-refractivity contribution in [3.8, 4) is 17.2 Å². The first-order valence-corrected chi connectivity index (χ1v) is 6.58. The van der Waals surface area contributed by atoms with E-state index >= 15 is 0 Å². The van der Waals surface area contributed by atoms with Gasteiger partial charge >= 0.3 is 0 Å². The number of fused-ring (bicyclic) bond motifs is 1. The molecular weight excluding hydrogens is 244 g/mol. The van der Waals surface area contributed by atoms with Gasteiger partial charge < -0.3 is 14.9 Å². The maximum atomic E-state index is 11.7. The second-order valence-electron chi connectivity index (χ2n) is 5.09. The number of ether oxygens (including phenoxy) is 1. The summed E-state index contributed by atoms with van der Waals surface area (Å²) in [6.45, 7) is -0.0610. The van der Waals surface area contributed by atoms with Crippen molar-refractivity contribution in [3.63, 3.8) is 0 Å². The number of Topliss-reactive ketones (excluding diaryl/α,β-unsaturated/α-hetero) is 1. The molecule has 0 unspecified atom stereocenters. The number of rotatable bonds is 2. The minimum Gasteiger partial charge on any atom is -0.507 e. The van der Waals surface area contributed by atoms with E-state index in [0.717, 1.165) is 19.3 Å². The summed E-state index contributed by atoms with van der Waals surface area (Å²) in [7, 11) is 0. The van der Waals surface area contributed by atoms with Gasteiger partial charge in [0.2, 0.25) is 5.78 Å². The van der Waals surface area contributed by atoms with Crippen molar-refractivity contribution in [1.82, 2.24) is 0 Å². The molecule has 0 bridgehead atoms. The number of ketones is 1.